The fraction of sp³-hybridized carbons (Fsp3) is 0.615. The monoisotopic (exact) mass is 206 g/mol. The molecule has 0 atom stereocenters. The maximum Gasteiger partial charge on any atom is 0.0543 e. The van der Waals surface area contributed by atoms with E-state index in [-0.39, 0.29) is 0 Å². The van der Waals surface area contributed by atoms with E-state index in [1.54, 1.807) is 0 Å². The van der Waals surface area contributed by atoms with E-state index < -0.39 is 0 Å². The van der Waals surface area contributed by atoms with Crippen molar-refractivity contribution in [2.45, 2.75) is 39.7 Å². The summed E-state index contributed by atoms with van der Waals surface area (Å²) in [6.45, 7) is 7.84. The van der Waals surface area contributed by atoms with Crippen LogP contribution >= 0.6 is 0 Å². The van der Waals surface area contributed by atoms with Crippen molar-refractivity contribution in [3.63, 3.8) is 0 Å². The van der Waals surface area contributed by atoms with E-state index in [1.165, 1.54) is 38.0 Å². The fourth-order valence-electron chi connectivity index (χ4n) is 1.69. The number of aromatic nitrogens is 1. The van der Waals surface area contributed by atoms with Crippen molar-refractivity contribution >= 4 is 0 Å². The number of hydrogen-bond acceptors (Lipinski definition) is 2. The van der Waals surface area contributed by atoms with Crippen molar-refractivity contribution in [3.8, 4) is 0 Å². The van der Waals surface area contributed by atoms with Crippen LogP contribution < -0.4 is 0 Å². The summed E-state index contributed by atoms with van der Waals surface area (Å²) in [4.78, 5) is 6.86. The minimum absolute atomic E-state index is 0.995. The van der Waals surface area contributed by atoms with Gasteiger partial charge in [-0.05, 0) is 38.1 Å². The van der Waals surface area contributed by atoms with Gasteiger partial charge in [-0.25, -0.2) is 0 Å². The molecule has 2 nitrogen and oxygen atoms in total. The molecule has 1 rings (SSSR count). The second-order valence-electron chi connectivity index (χ2n) is 3.95. The Bertz CT molecular complexity index is 246. The molecule has 0 unspecified atom stereocenters. The SMILES string of the molecule is CCCCN(CCC)Cc1ccccn1. The first kappa shape index (κ1) is 12.2. The first-order chi connectivity index (χ1) is 7.36. The molecule has 0 saturated carbocycles. The van der Waals surface area contributed by atoms with Gasteiger partial charge in [-0.1, -0.05) is 26.3 Å². The van der Waals surface area contributed by atoms with Gasteiger partial charge in [-0.3, -0.25) is 9.88 Å². The van der Waals surface area contributed by atoms with E-state index in [1.807, 2.05) is 12.3 Å². The fourth-order valence-corrected chi connectivity index (χ4v) is 1.69. The van der Waals surface area contributed by atoms with Gasteiger partial charge >= 0.3 is 0 Å². The number of rotatable bonds is 7. The van der Waals surface area contributed by atoms with Crippen LogP contribution in [0.5, 0.6) is 0 Å². The van der Waals surface area contributed by atoms with E-state index in [0.717, 1.165) is 6.54 Å². The molecule has 0 fully saturated rings. The van der Waals surface area contributed by atoms with Crippen LogP contribution in [0.3, 0.4) is 0 Å². The molecule has 1 heterocycles. The lowest BCUT2D eigenvalue weighted by Gasteiger charge is -2.20. The standard InChI is InChI=1S/C13H22N2/c1-3-5-11-15(10-4-2)12-13-8-6-7-9-14-13/h6-9H,3-5,10-12H2,1-2H3. The molecule has 0 aliphatic heterocycles. The Morgan fingerprint density at radius 1 is 1.13 bits per heavy atom. The first-order valence-corrected chi connectivity index (χ1v) is 5.99. The minimum Gasteiger partial charge on any atom is -0.298 e. The average molecular weight is 206 g/mol. The van der Waals surface area contributed by atoms with E-state index in [2.05, 4.69) is 35.9 Å². The molecule has 0 amide bonds. The summed E-state index contributed by atoms with van der Waals surface area (Å²) < 4.78 is 0. The Hall–Kier alpha value is -0.890. The number of pyridine rings is 1. The lowest BCUT2D eigenvalue weighted by atomic mass is 10.2. The lowest BCUT2D eigenvalue weighted by molar-refractivity contribution is 0.259. The van der Waals surface area contributed by atoms with Gasteiger partial charge in [0.05, 0.1) is 5.69 Å². The summed E-state index contributed by atoms with van der Waals surface area (Å²) in [5.74, 6) is 0. The highest BCUT2D eigenvalue weighted by Crippen LogP contribution is 2.03. The van der Waals surface area contributed by atoms with Gasteiger partial charge in [0.2, 0.25) is 0 Å². The molecule has 1 aromatic heterocycles. The van der Waals surface area contributed by atoms with Gasteiger partial charge in [0, 0.05) is 12.7 Å². The van der Waals surface area contributed by atoms with E-state index in [0.29, 0.717) is 0 Å². The summed E-state index contributed by atoms with van der Waals surface area (Å²) in [5, 5.41) is 0. The van der Waals surface area contributed by atoms with Crippen LogP contribution in [0.15, 0.2) is 24.4 Å². The maximum atomic E-state index is 4.37. The summed E-state index contributed by atoms with van der Waals surface area (Å²) in [6, 6.07) is 6.14. The molecule has 0 radical (unpaired) electrons. The van der Waals surface area contributed by atoms with Crippen LogP contribution in [-0.2, 0) is 6.54 Å². The minimum atomic E-state index is 0.995. The third kappa shape index (κ3) is 4.93. The molecule has 1 aromatic rings. The molecule has 15 heavy (non-hydrogen) atoms. The maximum absolute atomic E-state index is 4.37. The van der Waals surface area contributed by atoms with Gasteiger partial charge in [-0.15, -0.1) is 0 Å². The van der Waals surface area contributed by atoms with Crippen LogP contribution in [0.4, 0.5) is 0 Å². The lowest BCUT2D eigenvalue weighted by Crippen LogP contribution is -2.25. The van der Waals surface area contributed by atoms with Crippen molar-refractivity contribution in [1.82, 2.24) is 9.88 Å². The van der Waals surface area contributed by atoms with E-state index >= 15 is 0 Å². The zero-order valence-electron chi connectivity index (χ0n) is 9.95. The van der Waals surface area contributed by atoms with Gasteiger partial charge in [0.15, 0.2) is 0 Å². The quantitative estimate of drug-likeness (QED) is 0.681. The smallest absolute Gasteiger partial charge is 0.0543 e. The molecule has 2 heteroatoms. The summed E-state index contributed by atoms with van der Waals surface area (Å²) in [7, 11) is 0. The van der Waals surface area contributed by atoms with Crippen LogP contribution in [0.1, 0.15) is 38.8 Å². The Morgan fingerprint density at radius 2 is 2.00 bits per heavy atom. The number of nitrogens with zero attached hydrogens (tertiary/aromatic N) is 2. The molecule has 0 spiro atoms. The molecule has 84 valence electrons. The molecule has 0 aromatic carbocycles. The number of hydrogen-bond donors (Lipinski definition) is 0. The molecule has 0 aliphatic rings. The number of unbranched alkanes of at least 4 members (excludes halogenated alkanes) is 1. The summed E-state index contributed by atoms with van der Waals surface area (Å²) >= 11 is 0. The second kappa shape index (κ2) is 7.41. The van der Waals surface area contributed by atoms with Crippen molar-refractivity contribution in [3.05, 3.63) is 30.1 Å². The molecule has 0 saturated heterocycles. The van der Waals surface area contributed by atoms with E-state index in [4.69, 9.17) is 0 Å². The predicted molar refractivity (Wildman–Crippen MR) is 64.7 cm³/mol. The van der Waals surface area contributed by atoms with Crippen molar-refractivity contribution in [2.24, 2.45) is 0 Å². The van der Waals surface area contributed by atoms with Crippen molar-refractivity contribution in [1.29, 1.82) is 0 Å². The van der Waals surface area contributed by atoms with Gasteiger partial charge in [0.25, 0.3) is 0 Å². The molecular weight excluding hydrogens is 184 g/mol. The third-order valence-electron chi connectivity index (χ3n) is 2.48. The van der Waals surface area contributed by atoms with E-state index in [9.17, 15) is 0 Å². The highest BCUT2D eigenvalue weighted by Gasteiger charge is 2.04. The normalized spacial score (nSPS) is 10.9. The van der Waals surface area contributed by atoms with Gasteiger partial charge < -0.3 is 0 Å². The third-order valence-corrected chi connectivity index (χ3v) is 2.48. The predicted octanol–water partition coefficient (Wildman–Crippen LogP) is 3.09. The van der Waals surface area contributed by atoms with Gasteiger partial charge in [-0.2, -0.15) is 0 Å². The summed E-state index contributed by atoms with van der Waals surface area (Å²) in [5.41, 5.74) is 1.18. The van der Waals surface area contributed by atoms with Crippen molar-refractivity contribution < 1.29 is 0 Å². The average Bonchev–Trinajstić information content (AvgIpc) is 2.28. The molecule has 0 bridgehead atoms. The topological polar surface area (TPSA) is 16.1 Å². The Kier molecular flexibility index (Phi) is 6.02. The Morgan fingerprint density at radius 3 is 2.60 bits per heavy atom. The largest absolute Gasteiger partial charge is 0.298 e. The first-order valence-electron chi connectivity index (χ1n) is 5.99. The Balaban J connectivity index is 2.43. The molecule has 0 aliphatic carbocycles. The molecule has 0 N–H and O–H groups in total. The zero-order valence-corrected chi connectivity index (χ0v) is 9.95. The zero-order chi connectivity index (χ0) is 10.9. The van der Waals surface area contributed by atoms with Crippen LogP contribution in [-0.4, -0.2) is 23.0 Å². The highest BCUT2D eigenvalue weighted by molar-refractivity contribution is 5.03. The summed E-state index contributed by atoms with van der Waals surface area (Å²) in [6.07, 6.45) is 5.64. The molecular formula is C13H22N2. The van der Waals surface area contributed by atoms with Crippen LogP contribution in [0.25, 0.3) is 0 Å². The highest BCUT2D eigenvalue weighted by atomic mass is 15.1. The van der Waals surface area contributed by atoms with Gasteiger partial charge in [0.1, 0.15) is 0 Å². The second-order valence-corrected chi connectivity index (χ2v) is 3.95. The van der Waals surface area contributed by atoms with Crippen LogP contribution in [0, 0.1) is 0 Å². The van der Waals surface area contributed by atoms with Crippen molar-refractivity contribution in [2.75, 3.05) is 13.1 Å². The van der Waals surface area contributed by atoms with Crippen LogP contribution in [0.2, 0.25) is 0 Å². The Labute approximate surface area is 93.3 Å².